The van der Waals surface area contributed by atoms with E-state index in [9.17, 15) is 0 Å². The third-order valence-electron chi connectivity index (χ3n) is 4.35. The summed E-state index contributed by atoms with van der Waals surface area (Å²) in [6.07, 6.45) is 17.0. The van der Waals surface area contributed by atoms with Crippen LogP contribution in [0.25, 0.3) is 0 Å². The molecule has 0 N–H and O–H groups in total. The van der Waals surface area contributed by atoms with E-state index in [1.54, 1.807) is 0 Å². The highest BCUT2D eigenvalue weighted by Crippen LogP contribution is 2.17. The van der Waals surface area contributed by atoms with Crippen molar-refractivity contribution < 1.29 is 0 Å². The average molecular weight is 312 g/mol. The molecule has 0 aromatic rings. The number of unbranched alkanes of at least 4 members (excludes halogenated alkanes) is 10. The minimum Gasteiger partial charge on any atom is -0.303 e. The van der Waals surface area contributed by atoms with Gasteiger partial charge in [0.1, 0.15) is 0 Å². The third kappa shape index (κ3) is 16.3. The van der Waals surface area contributed by atoms with Gasteiger partial charge in [0.05, 0.1) is 0 Å². The van der Waals surface area contributed by atoms with E-state index in [2.05, 4.69) is 39.5 Å². The first-order chi connectivity index (χ1) is 10.5. The number of rotatable bonds is 15. The molecule has 134 valence electrons. The summed E-state index contributed by atoms with van der Waals surface area (Å²) in [5, 5.41) is 0. The molecule has 0 heterocycles. The standard InChI is InChI=1S/C21H45N/c1-6-8-10-12-14-16-18-22(20-21(3,4)5)19-17-15-13-11-9-7-2/h6-20H2,1-5H3. The van der Waals surface area contributed by atoms with Gasteiger partial charge in [0.25, 0.3) is 0 Å². The zero-order chi connectivity index (χ0) is 16.7. The SMILES string of the molecule is CCCCCCCCN(CCCCCCCC)CC(C)(C)C. The number of hydrogen-bond acceptors (Lipinski definition) is 1. The Kier molecular flexibility index (Phi) is 14.5. The molecule has 0 fully saturated rings. The molecule has 0 spiro atoms. The lowest BCUT2D eigenvalue weighted by molar-refractivity contribution is 0.184. The zero-order valence-electron chi connectivity index (χ0n) is 16.6. The Morgan fingerprint density at radius 2 is 0.909 bits per heavy atom. The van der Waals surface area contributed by atoms with Crippen LogP contribution in [0.4, 0.5) is 0 Å². The molecule has 0 aliphatic rings. The highest BCUT2D eigenvalue weighted by molar-refractivity contribution is 4.69. The van der Waals surface area contributed by atoms with E-state index in [1.807, 2.05) is 0 Å². The van der Waals surface area contributed by atoms with E-state index in [0.29, 0.717) is 5.41 Å². The lowest BCUT2D eigenvalue weighted by atomic mass is 9.95. The van der Waals surface area contributed by atoms with Gasteiger partial charge in [-0.15, -0.1) is 0 Å². The summed E-state index contributed by atoms with van der Waals surface area (Å²) in [6, 6.07) is 0. The fraction of sp³-hybridized carbons (Fsp3) is 1.00. The smallest absolute Gasteiger partial charge is 0.00300 e. The van der Waals surface area contributed by atoms with Crippen LogP contribution >= 0.6 is 0 Å². The highest BCUT2D eigenvalue weighted by atomic mass is 15.1. The summed E-state index contributed by atoms with van der Waals surface area (Å²) in [7, 11) is 0. The van der Waals surface area contributed by atoms with E-state index in [1.165, 1.54) is 96.7 Å². The fourth-order valence-electron chi connectivity index (χ4n) is 3.17. The van der Waals surface area contributed by atoms with Gasteiger partial charge in [0, 0.05) is 6.54 Å². The normalized spacial score (nSPS) is 12.3. The molecule has 0 radical (unpaired) electrons. The average Bonchev–Trinajstić information content (AvgIpc) is 2.44. The Balaban J connectivity index is 3.80. The number of hydrogen-bond donors (Lipinski definition) is 0. The van der Waals surface area contributed by atoms with Gasteiger partial charge in [-0.3, -0.25) is 0 Å². The van der Waals surface area contributed by atoms with Crippen molar-refractivity contribution in [2.45, 2.75) is 112 Å². The van der Waals surface area contributed by atoms with Gasteiger partial charge >= 0.3 is 0 Å². The van der Waals surface area contributed by atoms with Crippen molar-refractivity contribution in [1.29, 1.82) is 0 Å². The fourth-order valence-corrected chi connectivity index (χ4v) is 3.17. The van der Waals surface area contributed by atoms with Crippen molar-refractivity contribution in [3.63, 3.8) is 0 Å². The molecule has 1 nitrogen and oxygen atoms in total. The quantitative estimate of drug-likeness (QED) is 0.293. The molecule has 0 atom stereocenters. The highest BCUT2D eigenvalue weighted by Gasteiger charge is 2.15. The molecule has 0 rings (SSSR count). The van der Waals surface area contributed by atoms with Crippen LogP contribution in [0.1, 0.15) is 112 Å². The molecule has 0 saturated heterocycles. The van der Waals surface area contributed by atoms with Gasteiger partial charge in [-0.05, 0) is 31.3 Å². The Hall–Kier alpha value is -0.0400. The molecule has 0 bridgehead atoms. The van der Waals surface area contributed by atoms with Gasteiger partial charge in [0.2, 0.25) is 0 Å². The minimum atomic E-state index is 0.435. The van der Waals surface area contributed by atoms with E-state index >= 15 is 0 Å². The summed E-state index contributed by atoms with van der Waals surface area (Å²) in [5.74, 6) is 0. The van der Waals surface area contributed by atoms with Crippen LogP contribution in [0.3, 0.4) is 0 Å². The maximum absolute atomic E-state index is 2.74. The first-order valence-corrected chi connectivity index (χ1v) is 10.2. The third-order valence-corrected chi connectivity index (χ3v) is 4.35. The summed E-state index contributed by atoms with van der Waals surface area (Å²) in [5.41, 5.74) is 0.435. The summed E-state index contributed by atoms with van der Waals surface area (Å²) in [4.78, 5) is 2.74. The number of nitrogens with zero attached hydrogens (tertiary/aromatic N) is 1. The molecule has 0 aromatic heterocycles. The summed E-state index contributed by atoms with van der Waals surface area (Å²) >= 11 is 0. The Bertz CT molecular complexity index is 200. The van der Waals surface area contributed by atoms with Crippen LogP contribution in [0.5, 0.6) is 0 Å². The molecule has 22 heavy (non-hydrogen) atoms. The van der Waals surface area contributed by atoms with Crippen LogP contribution < -0.4 is 0 Å². The van der Waals surface area contributed by atoms with Crippen molar-refractivity contribution in [2.24, 2.45) is 5.41 Å². The molecule has 0 aromatic carbocycles. The Morgan fingerprint density at radius 1 is 0.545 bits per heavy atom. The molecular weight excluding hydrogens is 266 g/mol. The topological polar surface area (TPSA) is 3.24 Å². The second-order valence-corrected chi connectivity index (χ2v) is 8.37. The van der Waals surface area contributed by atoms with E-state index in [4.69, 9.17) is 0 Å². The Morgan fingerprint density at radius 3 is 1.27 bits per heavy atom. The van der Waals surface area contributed by atoms with Gasteiger partial charge in [0.15, 0.2) is 0 Å². The molecular formula is C21H45N. The lowest BCUT2D eigenvalue weighted by Crippen LogP contribution is -2.34. The van der Waals surface area contributed by atoms with Crippen molar-refractivity contribution >= 4 is 0 Å². The van der Waals surface area contributed by atoms with Crippen LogP contribution in [0, 0.1) is 5.41 Å². The van der Waals surface area contributed by atoms with Crippen molar-refractivity contribution in [2.75, 3.05) is 19.6 Å². The van der Waals surface area contributed by atoms with Gasteiger partial charge < -0.3 is 4.90 Å². The van der Waals surface area contributed by atoms with Crippen molar-refractivity contribution in [1.82, 2.24) is 4.90 Å². The molecule has 0 aliphatic heterocycles. The maximum atomic E-state index is 2.74. The Labute approximate surface area is 142 Å². The van der Waals surface area contributed by atoms with E-state index in [0.717, 1.165) is 0 Å². The summed E-state index contributed by atoms with van der Waals surface area (Å²) in [6.45, 7) is 15.6. The van der Waals surface area contributed by atoms with Crippen LogP contribution in [-0.4, -0.2) is 24.5 Å². The monoisotopic (exact) mass is 311 g/mol. The molecule has 0 unspecified atom stereocenters. The molecule has 0 amide bonds. The maximum Gasteiger partial charge on any atom is 0.00300 e. The first-order valence-electron chi connectivity index (χ1n) is 10.2. The van der Waals surface area contributed by atoms with Crippen LogP contribution in [0.15, 0.2) is 0 Å². The van der Waals surface area contributed by atoms with Crippen molar-refractivity contribution in [3.8, 4) is 0 Å². The molecule has 1 heteroatoms. The minimum absolute atomic E-state index is 0.435. The van der Waals surface area contributed by atoms with E-state index < -0.39 is 0 Å². The largest absolute Gasteiger partial charge is 0.303 e. The van der Waals surface area contributed by atoms with Crippen LogP contribution in [0.2, 0.25) is 0 Å². The van der Waals surface area contributed by atoms with Crippen LogP contribution in [-0.2, 0) is 0 Å². The molecule has 0 aliphatic carbocycles. The first kappa shape index (κ1) is 22.0. The summed E-state index contributed by atoms with van der Waals surface area (Å²) < 4.78 is 0. The zero-order valence-corrected chi connectivity index (χ0v) is 16.6. The van der Waals surface area contributed by atoms with Crippen molar-refractivity contribution in [3.05, 3.63) is 0 Å². The second kappa shape index (κ2) is 14.5. The van der Waals surface area contributed by atoms with Gasteiger partial charge in [-0.2, -0.15) is 0 Å². The lowest BCUT2D eigenvalue weighted by Gasteiger charge is -2.30. The predicted molar refractivity (Wildman–Crippen MR) is 103 cm³/mol. The van der Waals surface area contributed by atoms with Gasteiger partial charge in [-0.25, -0.2) is 0 Å². The predicted octanol–water partition coefficient (Wildman–Crippen LogP) is 7.06. The molecule has 0 saturated carbocycles. The second-order valence-electron chi connectivity index (χ2n) is 8.37. The van der Waals surface area contributed by atoms with Gasteiger partial charge in [-0.1, -0.05) is 98.8 Å². The van der Waals surface area contributed by atoms with E-state index in [-0.39, 0.29) is 0 Å².